The van der Waals surface area contributed by atoms with Crippen LogP contribution in [0.2, 0.25) is 0 Å². The summed E-state index contributed by atoms with van der Waals surface area (Å²) in [5, 5.41) is 10.6. The molecular formula is C77H150O17P2. The Morgan fingerprint density at radius 1 is 0.281 bits per heavy atom. The van der Waals surface area contributed by atoms with Gasteiger partial charge in [-0.15, -0.1) is 0 Å². The topological polar surface area (TPSA) is 237 Å². The van der Waals surface area contributed by atoms with Crippen LogP contribution in [0.1, 0.15) is 395 Å². The lowest BCUT2D eigenvalue weighted by Crippen LogP contribution is -2.30. The van der Waals surface area contributed by atoms with E-state index in [4.69, 9.17) is 37.0 Å². The number of phosphoric acid groups is 2. The first-order chi connectivity index (χ1) is 46.2. The van der Waals surface area contributed by atoms with Gasteiger partial charge in [0.2, 0.25) is 0 Å². The summed E-state index contributed by atoms with van der Waals surface area (Å²) in [6, 6.07) is 0. The molecule has 0 aromatic rings. The zero-order valence-electron chi connectivity index (χ0n) is 62.8. The van der Waals surface area contributed by atoms with Crippen molar-refractivity contribution < 1.29 is 80.2 Å². The number of phosphoric ester groups is 2. The van der Waals surface area contributed by atoms with E-state index in [9.17, 15) is 43.2 Å². The summed E-state index contributed by atoms with van der Waals surface area (Å²) in [6.07, 6.45) is 54.7. The molecule has 96 heavy (non-hydrogen) atoms. The molecule has 0 aromatic carbocycles. The molecule has 3 N–H and O–H groups in total. The maximum atomic E-state index is 13.1. The zero-order valence-corrected chi connectivity index (χ0v) is 64.6. The summed E-state index contributed by atoms with van der Waals surface area (Å²) in [5.74, 6) is 0.176. The quantitative estimate of drug-likeness (QED) is 0.0222. The Hall–Kier alpha value is -1.94. The van der Waals surface area contributed by atoms with E-state index in [-0.39, 0.29) is 25.7 Å². The van der Waals surface area contributed by atoms with Gasteiger partial charge in [0.1, 0.15) is 19.3 Å². The minimum Gasteiger partial charge on any atom is -0.462 e. The monoisotopic (exact) mass is 1410 g/mol. The molecule has 0 aliphatic rings. The summed E-state index contributed by atoms with van der Waals surface area (Å²) >= 11 is 0. The maximum Gasteiger partial charge on any atom is 0.472 e. The molecule has 570 valence electrons. The fraction of sp³-hybridized carbons (Fsp3) is 0.948. The van der Waals surface area contributed by atoms with E-state index in [1.165, 1.54) is 193 Å². The molecule has 0 radical (unpaired) electrons. The van der Waals surface area contributed by atoms with Gasteiger partial charge in [-0.3, -0.25) is 37.3 Å². The van der Waals surface area contributed by atoms with Crippen molar-refractivity contribution in [3.05, 3.63) is 0 Å². The number of hydrogen-bond acceptors (Lipinski definition) is 15. The lowest BCUT2D eigenvalue weighted by molar-refractivity contribution is -0.161. The number of hydrogen-bond donors (Lipinski definition) is 3. The summed E-state index contributed by atoms with van der Waals surface area (Å²) in [5.41, 5.74) is 0. The number of esters is 4. The predicted molar refractivity (Wildman–Crippen MR) is 391 cm³/mol. The molecule has 0 bridgehead atoms. The van der Waals surface area contributed by atoms with Gasteiger partial charge in [0.15, 0.2) is 12.2 Å². The third kappa shape index (κ3) is 70.5. The first kappa shape index (κ1) is 94.1. The van der Waals surface area contributed by atoms with Crippen LogP contribution in [-0.2, 0) is 65.4 Å². The number of carbonyl (C=O) groups excluding carboxylic acids is 4. The van der Waals surface area contributed by atoms with E-state index in [1.54, 1.807) is 0 Å². The lowest BCUT2D eigenvalue weighted by Gasteiger charge is -2.21. The minimum absolute atomic E-state index is 0.102. The van der Waals surface area contributed by atoms with E-state index in [2.05, 4.69) is 48.5 Å². The third-order valence-electron chi connectivity index (χ3n) is 17.9. The molecule has 19 heteroatoms. The largest absolute Gasteiger partial charge is 0.472 e. The molecule has 0 rings (SSSR count). The smallest absolute Gasteiger partial charge is 0.462 e. The molecule has 0 fully saturated rings. The fourth-order valence-electron chi connectivity index (χ4n) is 11.8. The van der Waals surface area contributed by atoms with Gasteiger partial charge in [0.25, 0.3) is 0 Å². The van der Waals surface area contributed by atoms with Crippen LogP contribution in [-0.4, -0.2) is 96.7 Å². The highest BCUT2D eigenvalue weighted by atomic mass is 31.2. The van der Waals surface area contributed by atoms with Gasteiger partial charge in [-0.05, 0) is 43.4 Å². The van der Waals surface area contributed by atoms with Gasteiger partial charge < -0.3 is 33.8 Å². The number of unbranched alkanes of at least 4 members (excludes halogenated alkanes) is 43. The highest BCUT2D eigenvalue weighted by molar-refractivity contribution is 7.47. The SMILES string of the molecule is CCCCCCCCCC(=O)OC[C@H](COP(=O)(O)OC[C@H](O)COP(=O)(O)OC[C@@H](COC(=O)CCCCCCCCCCCCCCCCCCC(C)C)OC(=O)CCCCCCCCCCCCCCCCCCCCC(C)C)OC(=O)CCCCCCCCC(C)C. The van der Waals surface area contributed by atoms with E-state index in [0.29, 0.717) is 31.6 Å². The number of carbonyl (C=O) groups is 4. The van der Waals surface area contributed by atoms with E-state index in [1.807, 2.05) is 0 Å². The van der Waals surface area contributed by atoms with Crippen LogP contribution in [0.5, 0.6) is 0 Å². The van der Waals surface area contributed by atoms with E-state index < -0.39 is 97.5 Å². The molecule has 0 aliphatic heterocycles. The van der Waals surface area contributed by atoms with Crippen LogP contribution in [0.25, 0.3) is 0 Å². The van der Waals surface area contributed by atoms with Crippen molar-refractivity contribution in [3.8, 4) is 0 Å². The summed E-state index contributed by atoms with van der Waals surface area (Å²) < 4.78 is 68.3. The van der Waals surface area contributed by atoms with Gasteiger partial charge in [-0.1, -0.05) is 344 Å². The lowest BCUT2D eigenvalue weighted by atomic mass is 10.0. The fourth-order valence-corrected chi connectivity index (χ4v) is 13.4. The van der Waals surface area contributed by atoms with Crippen molar-refractivity contribution in [2.75, 3.05) is 39.6 Å². The number of rotatable bonds is 75. The van der Waals surface area contributed by atoms with Crippen LogP contribution in [0.4, 0.5) is 0 Å². The minimum atomic E-state index is -4.96. The highest BCUT2D eigenvalue weighted by Gasteiger charge is 2.30. The van der Waals surface area contributed by atoms with Gasteiger partial charge >= 0.3 is 39.5 Å². The van der Waals surface area contributed by atoms with Crippen LogP contribution in [0.3, 0.4) is 0 Å². The molecule has 5 atom stereocenters. The van der Waals surface area contributed by atoms with Crippen LogP contribution in [0.15, 0.2) is 0 Å². The van der Waals surface area contributed by atoms with Crippen LogP contribution >= 0.6 is 15.6 Å². The highest BCUT2D eigenvalue weighted by Crippen LogP contribution is 2.45. The Morgan fingerprint density at radius 2 is 0.479 bits per heavy atom. The van der Waals surface area contributed by atoms with Crippen molar-refractivity contribution in [1.82, 2.24) is 0 Å². The Bertz CT molecular complexity index is 1870. The second kappa shape index (κ2) is 67.5. The maximum absolute atomic E-state index is 13.1. The van der Waals surface area contributed by atoms with Gasteiger partial charge in [0.05, 0.1) is 26.4 Å². The van der Waals surface area contributed by atoms with Crippen LogP contribution < -0.4 is 0 Å². The molecule has 0 aromatic heterocycles. The van der Waals surface area contributed by atoms with Crippen LogP contribution in [0, 0.1) is 17.8 Å². The molecular weight excluding hydrogens is 1260 g/mol. The van der Waals surface area contributed by atoms with E-state index in [0.717, 1.165) is 115 Å². The Labute approximate surface area is 588 Å². The second-order valence-corrected chi connectivity index (χ2v) is 32.1. The Balaban J connectivity index is 5.14. The Kier molecular flexibility index (Phi) is 66.2. The zero-order chi connectivity index (χ0) is 70.9. The normalized spacial score (nSPS) is 14.1. The number of aliphatic hydroxyl groups excluding tert-OH is 1. The average molecular weight is 1410 g/mol. The molecule has 2 unspecified atom stereocenters. The van der Waals surface area contributed by atoms with Gasteiger partial charge in [0, 0.05) is 25.7 Å². The number of ether oxygens (including phenoxy) is 4. The Morgan fingerprint density at radius 3 is 0.708 bits per heavy atom. The van der Waals surface area contributed by atoms with Crippen molar-refractivity contribution in [2.45, 2.75) is 414 Å². The number of aliphatic hydroxyl groups is 1. The summed E-state index contributed by atoms with van der Waals surface area (Å²) in [6.45, 7) is 11.8. The van der Waals surface area contributed by atoms with Gasteiger partial charge in [-0.25, -0.2) is 9.13 Å². The molecule has 0 saturated heterocycles. The van der Waals surface area contributed by atoms with Crippen molar-refractivity contribution in [2.24, 2.45) is 17.8 Å². The van der Waals surface area contributed by atoms with Crippen molar-refractivity contribution >= 4 is 39.5 Å². The summed E-state index contributed by atoms with van der Waals surface area (Å²) in [7, 11) is -9.90. The first-order valence-corrected chi connectivity index (χ1v) is 42.8. The van der Waals surface area contributed by atoms with E-state index >= 15 is 0 Å². The first-order valence-electron chi connectivity index (χ1n) is 39.8. The third-order valence-corrected chi connectivity index (χ3v) is 19.8. The van der Waals surface area contributed by atoms with Crippen molar-refractivity contribution in [1.29, 1.82) is 0 Å². The second-order valence-electron chi connectivity index (χ2n) is 29.2. The molecule has 0 amide bonds. The average Bonchev–Trinajstić information content (AvgIpc) is 2.59. The van der Waals surface area contributed by atoms with Crippen molar-refractivity contribution in [3.63, 3.8) is 0 Å². The molecule has 0 spiro atoms. The van der Waals surface area contributed by atoms with Gasteiger partial charge in [-0.2, -0.15) is 0 Å². The molecule has 0 saturated carbocycles. The molecule has 0 heterocycles. The predicted octanol–water partition coefficient (Wildman–Crippen LogP) is 22.6. The summed E-state index contributed by atoms with van der Waals surface area (Å²) in [4.78, 5) is 72.6. The molecule has 0 aliphatic carbocycles. The standard InChI is InChI=1S/C77H150O17P2/c1-8-9-10-11-34-44-51-58-74(79)87-64-73(94-77(82)61-54-47-40-39-43-50-57-70(6)7)67-92-96(85,86)90-63-71(78)62-89-95(83,84)91-66-72(65-88-75(80)59-52-45-37-32-28-24-20-17-16-19-23-27-31-36-42-49-56-69(4)5)93-76(81)60-53-46-38-33-29-25-21-15-13-12-14-18-22-26-30-35-41-48-55-68(2)3/h68-73,78H,8-67H2,1-7H3,(H,83,84)(H,85,86)/t71-,72-,73-/m1/s1. The molecule has 17 nitrogen and oxygen atoms in total.